The molecule has 0 unspecified atom stereocenters. The Balaban J connectivity index is 2.19. The van der Waals surface area contributed by atoms with Crippen LogP contribution in [0, 0.1) is 0 Å². The smallest absolute Gasteiger partial charge is 0.256 e. The van der Waals surface area contributed by atoms with Crippen molar-refractivity contribution in [3.8, 4) is 0 Å². The third kappa shape index (κ3) is 1.86. The lowest BCUT2D eigenvalue weighted by molar-refractivity contribution is -0.119. The fourth-order valence-electron chi connectivity index (χ4n) is 2.79. The van der Waals surface area contributed by atoms with Crippen LogP contribution in [-0.4, -0.2) is 34.9 Å². The van der Waals surface area contributed by atoms with Crippen molar-refractivity contribution in [2.75, 3.05) is 13.6 Å². The van der Waals surface area contributed by atoms with Crippen molar-refractivity contribution < 1.29 is 9.59 Å². The number of para-hydroxylation sites is 1. The quantitative estimate of drug-likeness (QED) is 0.896. The Morgan fingerprint density at radius 3 is 2.85 bits per heavy atom. The first-order chi connectivity index (χ1) is 9.59. The Kier molecular flexibility index (Phi) is 2.97. The van der Waals surface area contributed by atoms with Gasteiger partial charge < -0.3 is 14.8 Å². The van der Waals surface area contributed by atoms with Crippen LogP contribution in [0.4, 0.5) is 0 Å². The van der Waals surface area contributed by atoms with Crippen LogP contribution in [-0.2, 0) is 17.9 Å². The number of amides is 2. The number of hydrogen-bond donors (Lipinski definition) is 1. The first-order valence-electron chi connectivity index (χ1n) is 6.69. The molecule has 0 atom stereocenters. The van der Waals surface area contributed by atoms with Crippen LogP contribution in [0.1, 0.15) is 23.0 Å². The van der Waals surface area contributed by atoms with Crippen LogP contribution < -0.4 is 5.32 Å². The third-order valence-electron chi connectivity index (χ3n) is 3.81. The van der Waals surface area contributed by atoms with E-state index in [2.05, 4.69) is 5.32 Å². The molecule has 0 spiro atoms. The Bertz CT molecular complexity index is 702. The van der Waals surface area contributed by atoms with E-state index in [0.29, 0.717) is 13.2 Å². The summed E-state index contributed by atoms with van der Waals surface area (Å²) >= 11 is 0. The molecule has 1 aliphatic rings. The zero-order valence-electron chi connectivity index (χ0n) is 11.6. The lowest BCUT2D eigenvalue weighted by Crippen LogP contribution is -2.35. The topological polar surface area (TPSA) is 54.3 Å². The minimum atomic E-state index is -0.0733. The molecular formula is C15H17N3O2. The summed E-state index contributed by atoms with van der Waals surface area (Å²) in [7, 11) is 1.82. The van der Waals surface area contributed by atoms with Gasteiger partial charge in [0, 0.05) is 38.0 Å². The molecule has 2 amide bonds. The molecule has 0 radical (unpaired) electrons. The Morgan fingerprint density at radius 2 is 2.10 bits per heavy atom. The van der Waals surface area contributed by atoms with Gasteiger partial charge >= 0.3 is 0 Å². The van der Waals surface area contributed by atoms with Crippen LogP contribution in [0.5, 0.6) is 0 Å². The summed E-state index contributed by atoms with van der Waals surface area (Å²) in [6, 6.07) is 7.84. The van der Waals surface area contributed by atoms with Crippen molar-refractivity contribution in [3.63, 3.8) is 0 Å². The van der Waals surface area contributed by atoms with E-state index in [1.54, 1.807) is 4.90 Å². The number of nitrogens with one attached hydrogen (secondary N) is 1. The van der Waals surface area contributed by atoms with Crippen molar-refractivity contribution in [2.45, 2.75) is 20.0 Å². The molecule has 5 nitrogen and oxygen atoms in total. The Labute approximate surface area is 117 Å². The van der Waals surface area contributed by atoms with Gasteiger partial charge in [-0.15, -0.1) is 0 Å². The second-order valence-electron chi connectivity index (χ2n) is 5.13. The van der Waals surface area contributed by atoms with Crippen molar-refractivity contribution in [1.29, 1.82) is 0 Å². The summed E-state index contributed by atoms with van der Waals surface area (Å²) in [5.41, 5.74) is 2.79. The van der Waals surface area contributed by atoms with E-state index in [9.17, 15) is 9.59 Å². The molecule has 0 saturated heterocycles. The molecule has 5 heteroatoms. The SMILES string of the molecule is CC(=O)NCn1c2c(c3ccccc31)C(=O)N(C)CC2. The van der Waals surface area contributed by atoms with E-state index in [-0.39, 0.29) is 11.8 Å². The number of benzene rings is 1. The minimum Gasteiger partial charge on any atom is -0.341 e. The molecule has 1 aromatic heterocycles. The molecule has 2 heterocycles. The van der Waals surface area contributed by atoms with Crippen molar-refractivity contribution >= 4 is 22.7 Å². The molecular weight excluding hydrogens is 254 g/mol. The van der Waals surface area contributed by atoms with Crippen LogP contribution in [0.25, 0.3) is 10.9 Å². The van der Waals surface area contributed by atoms with Gasteiger partial charge in [0.15, 0.2) is 0 Å². The highest BCUT2D eigenvalue weighted by molar-refractivity contribution is 6.09. The maximum atomic E-state index is 12.4. The van der Waals surface area contributed by atoms with E-state index in [1.165, 1.54) is 6.92 Å². The van der Waals surface area contributed by atoms with Crippen LogP contribution in [0.15, 0.2) is 24.3 Å². The number of carbonyl (C=O) groups excluding carboxylic acids is 2. The molecule has 2 aromatic rings. The lowest BCUT2D eigenvalue weighted by Gasteiger charge is -2.24. The number of likely N-dealkylation sites (N-methyl/N-ethyl adjacent to an activating group) is 1. The lowest BCUT2D eigenvalue weighted by atomic mass is 10.0. The highest BCUT2D eigenvalue weighted by Gasteiger charge is 2.28. The maximum absolute atomic E-state index is 12.4. The third-order valence-corrected chi connectivity index (χ3v) is 3.81. The van der Waals surface area contributed by atoms with Crippen molar-refractivity contribution in [2.24, 2.45) is 0 Å². The Hall–Kier alpha value is -2.30. The molecule has 20 heavy (non-hydrogen) atoms. The van der Waals surface area contributed by atoms with Crippen molar-refractivity contribution in [3.05, 3.63) is 35.5 Å². The molecule has 1 aliphatic heterocycles. The summed E-state index contributed by atoms with van der Waals surface area (Å²) in [6.45, 7) is 2.61. The summed E-state index contributed by atoms with van der Waals surface area (Å²) in [5.74, 6) is -0.0141. The van der Waals surface area contributed by atoms with Gasteiger partial charge in [-0.2, -0.15) is 0 Å². The van der Waals surface area contributed by atoms with E-state index < -0.39 is 0 Å². The molecule has 1 aromatic carbocycles. The standard InChI is InChI=1S/C15H17N3O2/c1-10(19)16-9-18-12-6-4-3-5-11(12)14-13(18)7-8-17(2)15(14)20/h3-6H,7-9H2,1-2H3,(H,16,19). The average Bonchev–Trinajstić information content (AvgIpc) is 2.75. The highest BCUT2D eigenvalue weighted by Crippen LogP contribution is 2.30. The van der Waals surface area contributed by atoms with E-state index in [0.717, 1.165) is 28.6 Å². The van der Waals surface area contributed by atoms with Gasteiger partial charge in [0.25, 0.3) is 5.91 Å². The van der Waals surface area contributed by atoms with Crippen LogP contribution >= 0.6 is 0 Å². The summed E-state index contributed by atoms with van der Waals surface area (Å²) < 4.78 is 2.04. The molecule has 3 rings (SSSR count). The minimum absolute atomic E-state index is 0.0593. The second-order valence-corrected chi connectivity index (χ2v) is 5.13. The molecule has 0 bridgehead atoms. The maximum Gasteiger partial charge on any atom is 0.256 e. The second kappa shape index (κ2) is 4.67. The number of hydrogen-bond acceptors (Lipinski definition) is 2. The van der Waals surface area contributed by atoms with E-state index in [4.69, 9.17) is 0 Å². The molecule has 0 saturated carbocycles. The largest absolute Gasteiger partial charge is 0.341 e. The number of rotatable bonds is 2. The fourth-order valence-corrected chi connectivity index (χ4v) is 2.79. The van der Waals surface area contributed by atoms with Gasteiger partial charge in [0.05, 0.1) is 17.7 Å². The van der Waals surface area contributed by atoms with Gasteiger partial charge in [-0.1, -0.05) is 18.2 Å². The van der Waals surface area contributed by atoms with Crippen LogP contribution in [0.3, 0.4) is 0 Å². The van der Waals surface area contributed by atoms with E-state index >= 15 is 0 Å². The number of fused-ring (bicyclic) bond motifs is 3. The monoisotopic (exact) mass is 271 g/mol. The molecule has 1 N–H and O–H groups in total. The van der Waals surface area contributed by atoms with Crippen molar-refractivity contribution in [1.82, 2.24) is 14.8 Å². The summed E-state index contributed by atoms with van der Waals surface area (Å²) in [4.78, 5) is 25.3. The number of aromatic nitrogens is 1. The van der Waals surface area contributed by atoms with Gasteiger partial charge in [0.1, 0.15) is 0 Å². The molecule has 0 fully saturated rings. The van der Waals surface area contributed by atoms with Gasteiger partial charge in [-0.3, -0.25) is 9.59 Å². The first-order valence-corrected chi connectivity index (χ1v) is 6.69. The number of carbonyl (C=O) groups is 2. The summed E-state index contributed by atoms with van der Waals surface area (Å²) in [5, 5.41) is 3.78. The Morgan fingerprint density at radius 1 is 1.35 bits per heavy atom. The molecule has 0 aliphatic carbocycles. The van der Waals surface area contributed by atoms with Gasteiger partial charge in [0.2, 0.25) is 5.91 Å². The zero-order valence-corrected chi connectivity index (χ0v) is 11.6. The van der Waals surface area contributed by atoms with Crippen LogP contribution in [0.2, 0.25) is 0 Å². The molecule has 104 valence electrons. The predicted molar refractivity (Wildman–Crippen MR) is 76.4 cm³/mol. The van der Waals surface area contributed by atoms with Gasteiger partial charge in [-0.25, -0.2) is 0 Å². The first kappa shape index (κ1) is 12.7. The zero-order chi connectivity index (χ0) is 14.3. The van der Waals surface area contributed by atoms with E-state index in [1.807, 2.05) is 35.9 Å². The average molecular weight is 271 g/mol. The normalized spacial score (nSPS) is 14.5. The van der Waals surface area contributed by atoms with Gasteiger partial charge in [-0.05, 0) is 6.07 Å². The number of nitrogens with zero attached hydrogens (tertiary/aromatic N) is 2. The fraction of sp³-hybridized carbons (Fsp3) is 0.333. The predicted octanol–water partition coefficient (Wildman–Crippen LogP) is 1.36. The highest BCUT2D eigenvalue weighted by atomic mass is 16.2. The summed E-state index contributed by atoms with van der Waals surface area (Å²) in [6.07, 6.45) is 0.811.